The van der Waals surface area contributed by atoms with Crippen molar-refractivity contribution >= 4 is 23.6 Å². The number of nitrogens with one attached hydrogen (secondary N) is 1. The SMILES string of the molecule is NCCOCCn1cc(COCCOc2cccc3c2C(=O)N(C2CCC(=O)NC2=O)C3=O)nn1. The van der Waals surface area contributed by atoms with Gasteiger partial charge in [0.05, 0.1) is 50.3 Å². The minimum Gasteiger partial charge on any atom is -0.490 e. The number of piperidine rings is 1. The number of aromatic nitrogens is 3. The number of fused-ring (bicyclic) bond motifs is 1. The number of nitrogens with zero attached hydrogens (tertiary/aromatic N) is 4. The predicted molar refractivity (Wildman–Crippen MR) is 118 cm³/mol. The molecule has 4 amide bonds. The third kappa shape index (κ3) is 5.53. The number of nitrogens with two attached hydrogens (primary N) is 1. The summed E-state index contributed by atoms with van der Waals surface area (Å²) in [5.74, 6) is -2.07. The Morgan fingerprint density at radius 2 is 1.91 bits per heavy atom. The van der Waals surface area contributed by atoms with E-state index in [0.717, 1.165) is 4.90 Å². The average Bonchev–Trinajstić information content (AvgIpc) is 3.39. The number of imide groups is 2. The van der Waals surface area contributed by atoms with Crippen LogP contribution in [0.15, 0.2) is 24.4 Å². The van der Waals surface area contributed by atoms with Crippen LogP contribution >= 0.6 is 0 Å². The van der Waals surface area contributed by atoms with Crippen LogP contribution in [-0.4, -0.2) is 82.5 Å². The third-order valence-corrected chi connectivity index (χ3v) is 5.48. The fourth-order valence-electron chi connectivity index (χ4n) is 3.85. The van der Waals surface area contributed by atoms with Gasteiger partial charge in [0, 0.05) is 13.0 Å². The van der Waals surface area contributed by atoms with Gasteiger partial charge in [-0.05, 0) is 18.6 Å². The zero-order chi connectivity index (χ0) is 24.8. The Balaban J connectivity index is 1.28. The summed E-state index contributed by atoms with van der Waals surface area (Å²) in [6.45, 7) is 2.54. The van der Waals surface area contributed by atoms with Gasteiger partial charge in [-0.2, -0.15) is 0 Å². The zero-order valence-corrected chi connectivity index (χ0v) is 19.0. The summed E-state index contributed by atoms with van der Waals surface area (Å²) < 4.78 is 18.2. The van der Waals surface area contributed by atoms with Crippen molar-refractivity contribution < 1.29 is 33.4 Å². The number of benzene rings is 1. The molecule has 35 heavy (non-hydrogen) atoms. The van der Waals surface area contributed by atoms with E-state index in [-0.39, 0.29) is 49.5 Å². The van der Waals surface area contributed by atoms with Crippen LogP contribution in [0.5, 0.6) is 5.75 Å². The van der Waals surface area contributed by atoms with E-state index in [1.165, 1.54) is 6.07 Å². The van der Waals surface area contributed by atoms with Gasteiger partial charge in [-0.3, -0.25) is 29.4 Å². The quantitative estimate of drug-likeness (QED) is 0.288. The van der Waals surface area contributed by atoms with Crippen molar-refractivity contribution in [3.05, 3.63) is 41.2 Å². The second-order valence-electron chi connectivity index (χ2n) is 7.90. The number of hydrogen-bond donors (Lipinski definition) is 2. The lowest BCUT2D eigenvalue weighted by Gasteiger charge is -2.27. The van der Waals surface area contributed by atoms with E-state index in [9.17, 15) is 19.2 Å². The van der Waals surface area contributed by atoms with Crippen molar-refractivity contribution in [3.8, 4) is 5.75 Å². The van der Waals surface area contributed by atoms with Crippen LogP contribution < -0.4 is 15.8 Å². The van der Waals surface area contributed by atoms with Crippen molar-refractivity contribution in [2.75, 3.05) is 33.0 Å². The molecule has 1 aromatic heterocycles. The molecule has 2 aliphatic rings. The maximum Gasteiger partial charge on any atom is 0.266 e. The second kappa shape index (κ2) is 11.2. The van der Waals surface area contributed by atoms with Crippen molar-refractivity contribution in [3.63, 3.8) is 0 Å². The molecule has 1 unspecified atom stereocenters. The van der Waals surface area contributed by atoms with Gasteiger partial charge < -0.3 is 19.9 Å². The molecule has 4 rings (SSSR count). The van der Waals surface area contributed by atoms with Crippen molar-refractivity contribution in [1.29, 1.82) is 0 Å². The lowest BCUT2D eigenvalue weighted by atomic mass is 10.0. The maximum absolute atomic E-state index is 13.0. The van der Waals surface area contributed by atoms with E-state index in [0.29, 0.717) is 32.0 Å². The largest absolute Gasteiger partial charge is 0.490 e. The monoisotopic (exact) mass is 486 g/mol. The molecule has 0 saturated carbocycles. The standard InChI is InChI=1S/C22H26N6O7/c23-6-8-33-9-7-27-12-14(25-26-27)13-34-10-11-35-17-3-1-2-15-19(17)22(32)28(21(15)31)16-4-5-18(29)24-20(16)30/h1-3,12,16H,4-11,13,23H2,(H,24,29,30). The summed E-state index contributed by atoms with van der Waals surface area (Å²) in [5, 5.41) is 10.2. The molecule has 1 atom stereocenters. The Hall–Kier alpha value is -3.68. The molecule has 2 aromatic rings. The maximum atomic E-state index is 13.0. The predicted octanol–water partition coefficient (Wildman–Crippen LogP) is -0.750. The minimum absolute atomic E-state index is 0.0559. The van der Waals surface area contributed by atoms with Crippen LogP contribution in [0.25, 0.3) is 0 Å². The molecular formula is C22H26N6O7. The Bertz CT molecular complexity index is 1120. The highest BCUT2D eigenvalue weighted by Crippen LogP contribution is 2.33. The summed E-state index contributed by atoms with van der Waals surface area (Å²) in [5.41, 5.74) is 6.27. The molecule has 1 aromatic carbocycles. The first-order valence-corrected chi connectivity index (χ1v) is 11.2. The highest BCUT2D eigenvalue weighted by molar-refractivity contribution is 6.24. The van der Waals surface area contributed by atoms with Gasteiger partial charge in [0.1, 0.15) is 24.1 Å². The lowest BCUT2D eigenvalue weighted by molar-refractivity contribution is -0.136. The molecule has 0 spiro atoms. The summed E-state index contributed by atoms with van der Waals surface area (Å²) in [6.07, 6.45) is 1.90. The number of carbonyl (C=O) groups is 4. The minimum atomic E-state index is -1.03. The Kier molecular flexibility index (Phi) is 7.80. The molecule has 0 bridgehead atoms. The van der Waals surface area contributed by atoms with Crippen molar-refractivity contribution in [2.45, 2.75) is 32.0 Å². The van der Waals surface area contributed by atoms with Gasteiger partial charge in [-0.15, -0.1) is 5.10 Å². The first kappa shape index (κ1) is 24.4. The number of rotatable bonds is 12. The lowest BCUT2D eigenvalue weighted by Crippen LogP contribution is -2.54. The zero-order valence-electron chi connectivity index (χ0n) is 19.0. The average molecular weight is 486 g/mol. The molecule has 3 heterocycles. The molecule has 3 N–H and O–H groups in total. The smallest absolute Gasteiger partial charge is 0.266 e. The summed E-state index contributed by atoms with van der Waals surface area (Å²) >= 11 is 0. The van der Waals surface area contributed by atoms with E-state index in [1.54, 1.807) is 23.0 Å². The molecule has 0 radical (unpaired) electrons. The highest BCUT2D eigenvalue weighted by atomic mass is 16.5. The molecule has 13 heteroatoms. The first-order valence-electron chi connectivity index (χ1n) is 11.2. The van der Waals surface area contributed by atoms with Gasteiger partial charge in [0.15, 0.2) is 0 Å². The van der Waals surface area contributed by atoms with E-state index in [1.807, 2.05) is 0 Å². The second-order valence-corrected chi connectivity index (χ2v) is 7.90. The highest BCUT2D eigenvalue weighted by Gasteiger charge is 2.45. The van der Waals surface area contributed by atoms with E-state index in [4.69, 9.17) is 19.9 Å². The fourth-order valence-corrected chi connectivity index (χ4v) is 3.85. The molecule has 1 saturated heterocycles. The summed E-state index contributed by atoms with van der Waals surface area (Å²) in [4.78, 5) is 50.4. The topological polar surface area (TPSA) is 168 Å². The van der Waals surface area contributed by atoms with Gasteiger partial charge in [0.25, 0.3) is 11.8 Å². The van der Waals surface area contributed by atoms with E-state index >= 15 is 0 Å². The van der Waals surface area contributed by atoms with E-state index in [2.05, 4.69) is 15.6 Å². The Labute approximate surface area is 200 Å². The molecule has 13 nitrogen and oxygen atoms in total. The molecule has 1 fully saturated rings. The Morgan fingerprint density at radius 1 is 1.06 bits per heavy atom. The van der Waals surface area contributed by atoms with E-state index < -0.39 is 29.7 Å². The molecule has 2 aliphatic heterocycles. The van der Waals surface area contributed by atoms with Crippen molar-refractivity contribution in [2.24, 2.45) is 5.73 Å². The van der Waals surface area contributed by atoms with Crippen LogP contribution in [0.4, 0.5) is 0 Å². The van der Waals surface area contributed by atoms with Gasteiger partial charge in [-0.1, -0.05) is 11.3 Å². The third-order valence-electron chi connectivity index (χ3n) is 5.48. The van der Waals surface area contributed by atoms with Gasteiger partial charge in [-0.25, -0.2) is 4.68 Å². The number of carbonyl (C=O) groups excluding carboxylic acids is 4. The van der Waals surface area contributed by atoms with Crippen LogP contribution in [0.2, 0.25) is 0 Å². The molecular weight excluding hydrogens is 460 g/mol. The Morgan fingerprint density at radius 3 is 2.71 bits per heavy atom. The first-order chi connectivity index (χ1) is 17.0. The number of hydrogen-bond acceptors (Lipinski definition) is 10. The van der Waals surface area contributed by atoms with Crippen LogP contribution in [0.1, 0.15) is 39.3 Å². The molecule has 186 valence electrons. The summed E-state index contributed by atoms with van der Waals surface area (Å²) in [6, 6.07) is 3.66. The van der Waals surface area contributed by atoms with Crippen LogP contribution in [0.3, 0.4) is 0 Å². The van der Waals surface area contributed by atoms with Crippen LogP contribution in [0, 0.1) is 0 Å². The van der Waals surface area contributed by atoms with Gasteiger partial charge >= 0.3 is 0 Å². The number of ether oxygens (including phenoxy) is 3. The molecule has 0 aliphatic carbocycles. The normalized spacial score (nSPS) is 17.6. The van der Waals surface area contributed by atoms with Crippen molar-refractivity contribution in [1.82, 2.24) is 25.2 Å². The van der Waals surface area contributed by atoms with Crippen LogP contribution in [-0.2, 0) is 32.2 Å². The number of amides is 4. The fraction of sp³-hybridized carbons (Fsp3) is 0.455. The van der Waals surface area contributed by atoms with Gasteiger partial charge in [0.2, 0.25) is 11.8 Å². The summed E-state index contributed by atoms with van der Waals surface area (Å²) in [7, 11) is 0.